The van der Waals surface area contributed by atoms with E-state index in [1.807, 2.05) is 62.4 Å². The van der Waals surface area contributed by atoms with Gasteiger partial charge in [-0.15, -0.1) is 0 Å². The van der Waals surface area contributed by atoms with E-state index in [4.69, 9.17) is 9.47 Å². The van der Waals surface area contributed by atoms with E-state index in [1.54, 1.807) is 6.92 Å². The zero-order valence-electron chi connectivity index (χ0n) is 16.5. The SMILES string of the molecule is CCOc1ccccc1[C@H]1CC(=O)NC(C)=C1C(=O)OCc1ccc(C)cc1. The van der Waals surface area contributed by atoms with Crippen molar-refractivity contribution in [2.75, 3.05) is 6.61 Å². The lowest BCUT2D eigenvalue weighted by atomic mass is 9.84. The largest absolute Gasteiger partial charge is 0.494 e. The molecule has 0 radical (unpaired) electrons. The second kappa shape index (κ2) is 8.74. The zero-order chi connectivity index (χ0) is 20.1. The minimum absolute atomic E-state index is 0.121. The third-order valence-corrected chi connectivity index (χ3v) is 4.77. The number of amides is 1. The molecule has 2 aromatic carbocycles. The second-order valence-electron chi connectivity index (χ2n) is 6.88. The van der Waals surface area contributed by atoms with Crippen LogP contribution in [0.1, 0.15) is 42.9 Å². The van der Waals surface area contributed by atoms with Gasteiger partial charge >= 0.3 is 5.97 Å². The van der Waals surface area contributed by atoms with Gasteiger partial charge in [0.25, 0.3) is 0 Å². The van der Waals surface area contributed by atoms with Gasteiger partial charge in [0.15, 0.2) is 0 Å². The first-order valence-electron chi connectivity index (χ1n) is 9.44. The first kappa shape index (κ1) is 19.7. The molecule has 0 aromatic heterocycles. The number of ether oxygens (including phenoxy) is 2. The summed E-state index contributed by atoms with van der Waals surface area (Å²) in [5.74, 6) is -0.262. The van der Waals surface area contributed by atoms with Gasteiger partial charge in [0.1, 0.15) is 12.4 Å². The Balaban J connectivity index is 1.87. The summed E-state index contributed by atoms with van der Waals surface area (Å²) in [7, 11) is 0. The van der Waals surface area contributed by atoms with Crippen LogP contribution in [-0.2, 0) is 20.9 Å². The lowest BCUT2D eigenvalue weighted by Gasteiger charge is -2.27. The fourth-order valence-electron chi connectivity index (χ4n) is 3.40. The number of allylic oxidation sites excluding steroid dienone is 1. The lowest BCUT2D eigenvalue weighted by Crippen LogP contribution is -2.34. The van der Waals surface area contributed by atoms with Crippen molar-refractivity contribution in [1.82, 2.24) is 5.32 Å². The fourth-order valence-corrected chi connectivity index (χ4v) is 3.40. The topological polar surface area (TPSA) is 64.6 Å². The molecule has 28 heavy (non-hydrogen) atoms. The number of para-hydroxylation sites is 1. The summed E-state index contributed by atoms with van der Waals surface area (Å²) < 4.78 is 11.3. The Hall–Kier alpha value is -3.08. The zero-order valence-corrected chi connectivity index (χ0v) is 16.5. The molecule has 1 aliphatic heterocycles. The van der Waals surface area contributed by atoms with Crippen LogP contribution in [-0.4, -0.2) is 18.5 Å². The first-order chi connectivity index (χ1) is 13.5. The lowest BCUT2D eigenvalue weighted by molar-refractivity contribution is -0.141. The minimum Gasteiger partial charge on any atom is -0.494 e. The predicted molar refractivity (Wildman–Crippen MR) is 107 cm³/mol. The number of aryl methyl sites for hydroxylation is 1. The molecule has 1 heterocycles. The predicted octanol–water partition coefficient (Wildman–Crippen LogP) is 4.01. The Morgan fingerprint density at radius 1 is 1.11 bits per heavy atom. The molecule has 5 nitrogen and oxygen atoms in total. The Bertz CT molecular complexity index is 899. The molecule has 1 amide bonds. The highest BCUT2D eigenvalue weighted by Crippen LogP contribution is 2.38. The number of benzene rings is 2. The van der Waals surface area contributed by atoms with E-state index in [9.17, 15) is 9.59 Å². The molecule has 2 aromatic rings. The van der Waals surface area contributed by atoms with Crippen molar-refractivity contribution < 1.29 is 19.1 Å². The summed E-state index contributed by atoms with van der Waals surface area (Å²) in [6, 6.07) is 15.4. The molecule has 3 rings (SSSR count). The van der Waals surface area contributed by atoms with Crippen LogP contribution in [0.5, 0.6) is 5.75 Å². The van der Waals surface area contributed by atoms with Crippen LogP contribution in [0.25, 0.3) is 0 Å². The van der Waals surface area contributed by atoms with Crippen molar-refractivity contribution in [2.24, 2.45) is 0 Å². The molecular weight excluding hydrogens is 354 g/mol. The van der Waals surface area contributed by atoms with Crippen molar-refractivity contribution in [3.63, 3.8) is 0 Å². The maximum atomic E-state index is 12.9. The van der Waals surface area contributed by atoms with Crippen LogP contribution in [0.15, 0.2) is 59.8 Å². The molecule has 0 saturated carbocycles. The number of esters is 1. The van der Waals surface area contributed by atoms with Gasteiger partial charge < -0.3 is 14.8 Å². The number of nitrogens with one attached hydrogen (secondary N) is 1. The maximum absolute atomic E-state index is 12.9. The first-order valence-corrected chi connectivity index (χ1v) is 9.44. The standard InChI is InChI=1S/C23H25NO4/c1-4-27-20-8-6-5-7-18(20)19-13-21(25)24-16(3)22(19)23(26)28-14-17-11-9-15(2)10-12-17/h5-12,19H,4,13-14H2,1-3H3,(H,24,25)/t19-/m1/s1. The molecule has 0 unspecified atom stereocenters. The Labute approximate surface area is 165 Å². The molecule has 1 aliphatic rings. The van der Waals surface area contributed by atoms with Crippen LogP contribution in [0.3, 0.4) is 0 Å². The van der Waals surface area contributed by atoms with Gasteiger partial charge in [-0.2, -0.15) is 0 Å². The Morgan fingerprint density at radius 2 is 1.82 bits per heavy atom. The van der Waals surface area contributed by atoms with E-state index in [1.165, 1.54) is 0 Å². The number of carbonyl (C=O) groups is 2. The second-order valence-corrected chi connectivity index (χ2v) is 6.88. The van der Waals surface area contributed by atoms with Gasteiger partial charge in [0.05, 0.1) is 12.2 Å². The summed E-state index contributed by atoms with van der Waals surface area (Å²) in [5, 5.41) is 2.77. The van der Waals surface area contributed by atoms with Gasteiger partial charge in [-0.25, -0.2) is 4.79 Å². The van der Waals surface area contributed by atoms with Crippen LogP contribution in [0.2, 0.25) is 0 Å². The summed E-state index contributed by atoms with van der Waals surface area (Å²) >= 11 is 0. The number of hydrogen-bond acceptors (Lipinski definition) is 4. The van der Waals surface area contributed by atoms with Gasteiger partial charge in [-0.05, 0) is 32.4 Å². The molecule has 5 heteroatoms. The molecule has 0 saturated heterocycles. The summed E-state index contributed by atoms with van der Waals surface area (Å²) in [6.07, 6.45) is 0.177. The third kappa shape index (κ3) is 4.42. The molecular formula is C23H25NO4. The van der Waals surface area contributed by atoms with Crippen LogP contribution in [0, 0.1) is 6.92 Å². The molecule has 0 bridgehead atoms. The fraction of sp³-hybridized carbons (Fsp3) is 0.304. The molecule has 1 N–H and O–H groups in total. The molecule has 0 spiro atoms. The number of carbonyl (C=O) groups excluding carboxylic acids is 2. The smallest absolute Gasteiger partial charge is 0.336 e. The number of rotatable bonds is 6. The average molecular weight is 379 g/mol. The van der Waals surface area contributed by atoms with Gasteiger partial charge in [0.2, 0.25) is 5.91 Å². The molecule has 146 valence electrons. The van der Waals surface area contributed by atoms with Crippen molar-refractivity contribution in [2.45, 2.75) is 39.7 Å². The monoisotopic (exact) mass is 379 g/mol. The molecule has 0 fully saturated rings. The summed E-state index contributed by atoms with van der Waals surface area (Å²) in [5.41, 5.74) is 3.89. The van der Waals surface area contributed by atoms with E-state index < -0.39 is 11.9 Å². The van der Waals surface area contributed by atoms with E-state index in [0.29, 0.717) is 23.6 Å². The third-order valence-electron chi connectivity index (χ3n) is 4.77. The highest BCUT2D eigenvalue weighted by atomic mass is 16.5. The van der Waals surface area contributed by atoms with Gasteiger partial charge in [0, 0.05) is 23.6 Å². The van der Waals surface area contributed by atoms with E-state index in [0.717, 1.165) is 16.7 Å². The summed E-state index contributed by atoms with van der Waals surface area (Å²) in [6.45, 7) is 6.34. The summed E-state index contributed by atoms with van der Waals surface area (Å²) in [4.78, 5) is 25.1. The quantitative estimate of drug-likeness (QED) is 0.770. The van der Waals surface area contributed by atoms with Gasteiger partial charge in [-0.1, -0.05) is 48.0 Å². The highest BCUT2D eigenvalue weighted by molar-refractivity contribution is 5.96. The Kier molecular flexibility index (Phi) is 6.14. The van der Waals surface area contributed by atoms with Crippen LogP contribution in [0.4, 0.5) is 0 Å². The van der Waals surface area contributed by atoms with Crippen molar-refractivity contribution >= 4 is 11.9 Å². The van der Waals surface area contributed by atoms with Crippen LogP contribution >= 0.6 is 0 Å². The van der Waals surface area contributed by atoms with Crippen molar-refractivity contribution in [1.29, 1.82) is 0 Å². The number of hydrogen-bond donors (Lipinski definition) is 1. The average Bonchev–Trinajstić information content (AvgIpc) is 2.67. The van der Waals surface area contributed by atoms with Crippen molar-refractivity contribution in [3.8, 4) is 5.75 Å². The van der Waals surface area contributed by atoms with Crippen LogP contribution < -0.4 is 10.1 Å². The molecule has 0 aliphatic carbocycles. The van der Waals surface area contributed by atoms with Crippen molar-refractivity contribution in [3.05, 3.63) is 76.5 Å². The minimum atomic E-state index is -0.422. The highest BCUT2D eigenvalue weighted by Gasteiger charge is 2.34. The Morgan fingerprint density at radius 3 is 2.54 bits per heavy atom. The van der Waals surface area contributed by atoms with E-state index in [-0.39, 0.29) is 18.9 Å². The van der Waals surface area contributed by atoms with E-state index >= 15 is 0 Å². The maximum Gasteiger partial charge on any atom is 0.336 e. The van der Waals surface area contributed by atoms with Gasteiger partial charge in [-0.3, -0.25) is 4.79 Å². The van der Waals surface area contributed by atoms with E-state index in [2.05, 4.69) is 5.32 Å². The normalized spacial score (nSPS) is 16.5. The molecule has 1 atom stereocenters.